The molecule has 5 aromatic rings. The van der Waals surface area contributed by atoms with Gasteiger partial charge in [-0.3, -0.25) is 9.59 Å². The van der Waals surface area contributed by atoms with Gasteiger partial charge in [-0.25, -0.2) is 14.4 Å². The molecular weight excluding hydrogens is 546 g/mol. The Morgan fingerprint density at radius 3 is 2.40 bits per heavy atom. The lowest BCUT2D eigenvalue weighted by molar-refractivity contribution is -0.137. The van der Waals surface area contributed by atoms with Gasteiger partial charge in [-0.15, -0.1) is 0 Å². The number of fused-ring (bicyclic) bond motifs is 1. The van der Waals surface area contributed by atoms with Gasteiger partial charge >= 0.3 is 6.18 Å². The fourth-order valence-electron chi connectivity index (χ4n) is 3.75. The van der Waals surface area contributed by atoms with E-state index in [1.54, 1.807) is 37.3 Å². The zero-order valence-corrected chi connectivity index (χ0v) is 21.5. The van der Waals surface area contributed by atoms with Crippen molar-refractivity contribution in [1.82, 2.24) is 9.97 Å². The molecule has 0 radical (unpaired) electrons. The Morgan fingerprint density at radius 2 is 1.65 bits per heavy atom. The molecular formula is C28H19F4N5O2S. The van der Waals surface area contributed by atoms with Crippen LogP contribution in [0.5, 0.6) is 0 Å². The predicted octanol–water partition coefficient (Wildman–Crippen LogP) is 7.41. The summed E-state index contributed by atoms with van der Waals surface area (Å²) in [5, 5.41) is 8.90. The van der Waals surface area contributed by atoms with Gasteiger partial charge in [0.15, 0.2) is 5.13 Å². The highest BCUT2D eigenvalue weighted by atomic mass is 32.1. The smallest absolute Gasteiger partial charge is 0.322 e. The first-order valence-corrected chi connectivity index (χ1v) is 12.6. The van der Waals surface area contributed by atoms with Crippen molar-refractivity contribution in [2.24, 2.45) is 0 Å². The zero-order valence-electron chi connectivity index (χ0n) is 20.6. The zero-order chi connectivity index (χ0) is 28.4. The molecule has 12 heteroatoms. The first-order valence-electron chi connectivity index (χ1n) is 11.7. The maximum atomic E-state index is 13.1. The molecule has 40 heavy (non-hydrogen) atoms. The van der Waals surface area contributed by atoms with E-state index in [4.69, 9.17) is 0 Å². The number of carbonyl (C=O) groups is 2. The molecule has 0 spiro atoms. The molecule has 3 N–H and O–H groups in total. The van der Waals surface area contributed by atoms with Crippen LogP contribution in [-0.2, 0) is 6.18 Å². The first kappa shape index (κ1) is 26.8. The number of amides is 2. The van der Waals surface area contributed by atoms with Gasteiger partial charge in [0.05, 0.1) is 22.0 Å². The SMILES string of the molecule is Cc1ccc(NC(=O)c2cccc(C(F)(F)F)c2)cc1NC(=O)c1ccc2nc(Nc3ccc(F)cn3)sc2c1. The summed E-state index contributed by atoms with van der Waals surface area (Å²) in [6.07, 6.45) is -3.48. The van der Waals surface area contributed by atoms with E-state index in [9.17, 15) is 27.2 Å². The molecule has 0 bridgehead atoms. The largest absolute Gasteiger partial charge is 0.416 e. The number of carbonyl (C=O) groups excluding carboxylic acids is 2. The van der Waals surface area contributed by atoms with Crippen LogP contribution in [0.3, 0.4) is 0 Å². The lowest BCUT2D eigenvalue weighted by Gasteiger charge is -2.13. The van der Waals surface area contributed by atoms with Crippen molar-refractivity contribution in [3.63, 3.8) is 0 Å². The van der Waals surface area contributed by atoms with Crippen molar-refractivity contribution in [3.05, 3.63) is 107 Å². The number of benzene rings is 3. The van der Waals surface area contributed by atoms with Crippen molar-refractivity contribution in [2.75, 3.05) is 16.0 Å². The Morgan fingerprint density at radius 1 is 0.875 bits per heavy atom. The molecule has 0 saturated carbocycles. The van der Waals surface area contributed by atoms with Crippen LogP contribution in [0.1, 0.15) is 31.8 Å². The number of thiazole rings is 1. The number of nitrogens with one attached hydrogen (secondary N) is 3. The summed E-state index contributed by atoms with van der Waals surface area (Å²) in [5.41, 5.74) is 1.37. The minimum absolute atomic E-state index is 0.150. The van der Waals surface area contributed by atoms with E-state index in [-0.39, 0.29) is 5.56 Å². The second-order valence-electron chi connectivity index (χ2n) is 8.70. The highest BCUT2D eigenvalue weighted by molar-refractivity contribution is 7.22. The van der Waals surface area contributed by atoms with Gasteiger partial charge in [0.1, 0.15) is 11.6 Å². The van der Waals surface area contributed by atoms with Crippen molar-refractivity contribution >= 4 is 55.7 Å². The molecule has 0 atom stereocenters. The fraction of sp³-hybridized carbons (Fsp3) is 0.0714. The highest BCUT2D eigenvalue weighted by Gasteiger charge is 2.31. The number of hydrogen-bond donors (Lipinski definition) is 3. The van der Waals surface area contributed by atoms with Crippen LogP contribution >= 0.6 is 11.3 Å². The molecule has 0 unspecified atom stereocenters. The van der Waals surface area contributed by atoms with Gasteiger partial charge in [0.25, 0.3) is 11.8 Å². The lowest BCUT2D eigenvalue weighted by Crippen LogP contribution is -2.15. The Hall–Kier alpha value is -4.84. The van der Waals surface area contributed by atoms with Crippen LogP contribution in [0.4, 0.5) is 39.9 Å². The van der Waals surface area contributed by atoms with Crippen LogP contribution in [0.2, 0.25) is 0 Å². The van der Waals surface area contributed by atoms with Crippen LogP contribution in [-0.4, -0.2) is 21.8 Å². The molecule has 3 aromatic carbocycles. The van der Waals surface area contributed by atoms with E-state index in [1.165, 1.54) is 35.6 Å². The number of pyridine rings is 1. The lowest BCUT2D eigenvalue weighted by atomic mass is 10.1. The van der Waals surface area contributed by atoms with Gasteiger partial charge in [-0.1, -0.05) is 23.5 Å². The third kappa shape index (κ3) is 6.07. The van der Waals surface area contributed by atoms with Crippen molar-refractivity contribution in [1.29, 1.82) is 0 Å². The molecule has 2 heterocycles. The second kappa shape index (κ2) is 10.7. The monoisotopic (exact) mass is 565 g/mol. The number of hydrogen-bond acceptors (Lipinski definition) is 6. The maximum absolute atomic E-state index is 13.1. The number of aromatic nitrogens is 2. The van der Waals surface area contributed by atoms with Crippen LogP contribution in [0, 0.1) is 12.7 Å². The number of nitrogens with zero attached hydrogens (tertiary/aromatic N) is 2. The number of rotatable bonds is 6. The normalized spacial score (nSPS) is 11.3. The van der Waals surface area contributed by atoms with E-state index in [1.807, 2.05) is 0 Å². The fourth-order valence-corrected chi connectivity index (χ4v) is 4.66. The summed E-state index contributed by atoms with van der Waals surface area (Å²) in [7, 11) is 0. The summed E-state index contributed by atoms with van der Waals surface area (Å²) in [5.74, 6) is -1.16. The van der Waals surface area contributed by atoms with Crippen LogP contribution in [0.15, 0.2) is 79.0 Å². The Bertz CT molecular complexity index is 1740. The summed E-state index contributed by atoms with van der Waals surface area (Å²) < 4.78 is 52.9. The molecule has 5 rings (SSSR count). The number of anilines is 4. The summed E-state index contributed by atoms with van der Waals surface area (Å²) >= 11 is 1.29. The van der Waals surface area contributed by atoms with E-state index < -0.39 is 29.4 Å². The molecule has 0 aliphatic heterocycles. The Kier molecular flexibility index (Phi) is 7.18. The molecule has 2 aromatic heterocycles. The quantitative estimate of drug-likeness (QED) is 0.186. The Labute approximate surface area is 228 Å². The first-order chi connectivity index (χ1) is 19.0. The number of halogens is 4. The third-order valence-corrected chi connectivity index (χ3v) is 6.74. The van der Waals surface area contributed by atoms with Gasteiger partial charge in [0.2, 0.25) is 0 Å². The van der Waals surface area contributed by atoms with Crippen molar-refractivity contribution < 1.29 is 27.2 Å². The van der Waals surface area contributed by atoms with Gasteiger partial charge < -0.3 is 16.0 Å². The second-order valence-corrected chi connectivity index (χ2v) is 9.74. The molecule has 0 saturated heterocycles. The number of aryl methyl sites for hydroxylation is 1. The topological polar surface area (TPSA) is 96.0 Å². The molecule has 0 aliphatic rings. The Balaban J connectivity index is 1.30. The standard InChI is InChI=1S/C28H19F4N5O2S/c1-15-5-8-20(34-25(38)16-3-2-4-18(11-16)28(30,31)32)13-22(15)35-26(39)17-6-9-21-23(12-17)40-27(36-21)37-24-10-7-19(29)14-33-24/h2-14H,1H3,(H,34,38)(H,35,39)(H,33,36,37). The number of alkyl halides is 3. The highest BCUT2D eigenvalue weighted by Crippen LogP contribution is 2.31. The molecule has 0 fully saturated rings. The van der Waals surface area contributed by atoms with Gasteiger partial charge in [0, 0.05) is 22.5 Å². The maximum Gasteiger partial charge on any atom is 0.416 e. The van der Waals surface area contributed by atoms with E-state index in [2.05, 4.69) is 25.9 Å². The molecule has 2 amide bonds. The average Bonchev–Trinajstić information content (AvgIpc) is 3.33. The van der Waals surface area contributed by atoms with Crippen molar-refractivity contribution in [3.8, 4) is 0 Å². The van der Waals surface area contributed by atoms with Crippen LogP contribution in [0.25, 0.3) is 10.2 Å². The minimum Gasteiger partial charge on any atom is -0.322 e. The summed E-state index contributed by atoms with van der Waals surface area (Å²) in [6.45, 7) is 1.77. The molecule has 7 nitrogen and oxygen atoms in total. The predicted molar refractivity (Wildman–Crippen MR) is 146 cm³/mol. The third-order valence-electron chi connectivity index (χ3n) is 5.81. The van der Waals surface area contributed by atoms with E-state index in [0.717, 1.165) is 29.1 Å². The molecule has 202 valence electrons. The van der Waals surface area contributed by atoms with Gasteiger partial charge in [-0.05, 0) is 73.2 Å². The van der Waals surface area contributed by atoms with E-state index in [0.29, 0.717) is 39.0 Å². The summed E-state index contributed by atoms with van der Waals surface area (Å²) in [6, 6.07) is 16.7. The van der Waals surface area contributed by atoms with Crippen LogP contribution < -0.4 is 16.0 Å². The van der Waals surface area contributed by atoms with E-state index >= 15 is 0 Å². The van der Waals surface area contributed by atoms with Gasteiger partial charge in [-0.2, -0.15) is 13.2 Å². The minimum atomic E-state index is -4.57. The van der Waals surface area contributed by atoms with Crippen molar-refractivity contribution in [2.45, 2.75) is 13.1 Å². The summed E-state index contributed by atoms with van der Waals surface area (Å²) in [4.78, 5) is 34.0. The molecule has 0 aliphatic carbocycles. The average molecular weight is 566 g/mol.